The third-order valence-corrected chi connectivity index (χ3v) is 1.34. The van der Waals surface area contributed by atoms with Crippen LogP contribution in [0.5, 0.6) is 0 Å². The van der Waals surface area contributed by atoms with E-state index in [1.54, 1.807) is 4.90 Å². The smallest absolute Gasteiger partial charge is 0.209 e. The summed E-state index contributed by atoms with van der Waals surface area (Å²) < 4.78 is 0. The Hall–Kier alpha value is -0.570. The van der Waals surface area contributed by atoms with E-state index < -0.39 is 0 Å². The molecule has 1 saturated heterocycles. The number of carbonyl (C=O) groups excluding carboxylic acids is 1. The lowest BCUT2D eigenvalue weighted by molar-refractivity contribution is -0.117. The number of hydrogen-bond acceptors (Lipinski definition) is 2. The van der Waals surface area contributed by atoms with Gasteiger partial charge in [-0.15, -0.1) is 0 Å². The van der Waals surface area contributed by atoms with E-state index in [4.69, 9.17) is 5.11 Å². The van der Waals surface area contributed by atoms with Gasteiger partial charge in [0.05, 0.1) is 6.10 Å². The van der Waals surface area contributed by atoms with Crippen molar-refractivity contribution in [3.8, 4) is 0 Å². The summed E-state index contributed by atoms with van der Waals surface area (Å²) >= 11 is 0. The Labute approximate surface area is 75.4 Å². The molecule has 1 amide bonds. The molecule has 1 unspecified atom stereocenters. The number of aliphatic hydroxyl groups excluding tert-OH is 1. The molecular weight excluding hydrogens is 154 g/mol. The SMILES string of the molecule is CC.CC.O=CN1CCC(O)C1. The van der Waals surface area contributed by atoms with Crippen molar-refractivity contribution in [2.75, 3.05) is 13.1 Å². The monoisotopic (exact) mass is 175 g/mol. The minimum atomic E-state index is -0.278. The summed E-state index contributed by atoms with van der Waals surface area (Å²) in [6.07, 6.45) is 1.23. The van der Waals surface area contributed by atoms with Crippen molar-refractivity contribution < 1.29 is 9.90 Å². The highest BCUT2D eigenvalue weighted by Crippen LogP contribution is 2.04. The first-order chi connectivity index (χ1) is 5.83. The van der Waals surface area contributed by atoms with E-state index in [-0.39, 0.29) is 6.10 Å². The van der Waals surface area contributed by atoms with E-state index >= 15 is 0 Å². The number of β-amino-alcohol motifs (C(OH)–C–C–N with tert-alkyl or cyclic N) is 1. The second-order valence-electron chi connectivity index (χ2n) is 2.04. The molecule has 0 saturated carbocycles. The highest BCUT2D eigenvalue weighted by molar-refractivity contribution is 5.47. The number of likely N-dealkylation sites (tertiary alicyclic amines) is 1. The number of amides is 1. The molecule has 3 heteroatoms. The fourth-order valence-corrected chi connectivity index (χ4v) is 0.864. The molecule has 0 bridgehead atoms. The van der Waals surface area contributed by atoms with E-state index in [0.29, 0.717) is 13.1 Å². The standard InChI is InChI=1S/C5H9NO2.2C2H6/c7-4-6-2-1-5(8)3-6;2*1-2/h4-5,8H,1-3H2;2*1-2H3. The number of carbonyl (C=O) groups is 1. The second kappa shape index (κ2) is 10.4. The first kappa shape index (κ1) is 14.0. The van der Waals surface area contributed by atoms with Gasteiger partial charge >= 0.3 is 0 Å². The van der Waals surface area contributed by atoms with Crippen LogP contribution in [0.4, 0.5) is 0 Å². The fourth-order valence-electron chi connectivity index (χ4n) is 0.864. The topological polar surface area (TPSA) is 40.5 Å². The maximum Gasteiger partial charge on any atom is 0.209 e. The van der Waals surface area contributed by atoms with Crippen LogP contribution in [0.3, 0.4) is 0 Å². The minimum absolute atomic E-state index is 0.278. The van der Waals surface area contributed by atoms with Crippen molar-refractivity contribution in [2.24, 2.45) is 0 Å². The summed E-state index contributed by atoms with van der Waals surface area (Å²) in [7, 11) is 0. The maximum atomic E-state index is 9.97. The van der Waals surface area contributed by atoms with Crippen LogP contribution in [0.2, 0.25) is 0 Å². The van der Waals surface area contributed by atoms with Crippen molar-refractivity contribution in [2.45, 2.75) is 40.2 Å². The highest BCUT2D eigenvalue weighted by Gasteiger charge is 2.17. The van der Waals surface area contributed by atoms with Gasteiger partial charge in [0, 0.05) is 13.1 Å². The van der Waals surface area contributed by atoms with Crippen molar-refractivity contribution in [1.29, 1.82) is 0 Å². The van der Waals surface area contributed by atoms with Crippen molar-refractivity contribution in [3.05, 3.63) is 0 Å². The molecule has 1 aliphatic rings. The summed E-state index contributed by atoms with van der Waals surface area (Å²) in [6.45, 7) is 9.23. The predicted octanol–water partition coefficient (Wildman–Crippen LogP) is 1.26. The lowest BCUT2D eigenvalue weighted by atomic mass is 10.3. The zero-order valence-electron chi connectivity index (χ0n) is 8.58. The summed E-state index contributed by atoms with van der Waals surface area (Å²) in [5, 5.41) is 8.83. The molecule has 1 N–H and O–H groups in total. The van der Waals surface area contributed by atoms with Crippen LogP contribution in [0.1, 0.15) is 34.1 Å². The Morgan fingerprint density at radius 3 is 2.00 bits per heavy atom. The molecule has 0 aromatic heterocycles. The molecule has 12 heavy (non-hydrogen) atoms. The van der Waals surface area contributed by atoms with E-state index in [9.17, 15) is 4.79 Å². The molecule has 0 aromatic carbocycles. The van der Waals surface area contributed by atoms with E-state index in [1.807, 2.05) is 27.7 Å². The zero-order valence-corrected chi connectivity index (χ0v) is 8.58. The molecule has 1 fully saturated rings. The second-order valence-corrected chi connectivity index (χ2v) is 2.04. The van der Waals surface area contributed by atoms with E-state index in [0.717, 1.165) is 12.8 Å². The third kappa shape index (κ3) is 6.16. The minimum Gasteiger partial charge on any atom is -0.391 e. The van der Waals surface area contributed by atoms with Crippen molar-refractivity contribution >= 4 is 6.41 Å². The molecule has 74 valence electrons. The van der Waals surface area contributed by atoms with Crippen LogP contribution < -0.4 is 0 Å². The van der Waals surface area contributed by atoms with Crippen LogP contribution in [-0.4, -0.2) is 35.6 Å². The lowest BCUT2D eigenvalue weighted by Gasteiger charge is -2.04. The Bertz CT molecular complexity index is 96.5. The molecule has 0 radical (unpaired) electrons. The van der Waals surface area contributed by atoms with Gasteiger partial charge in [-0.3, -0.25) is 4.79 Å². The predicted molar refractivity (Wildman–Crippen MR) is 51.0 cm³/mol. The average Bonchev–Trinajstić information content (AvgIpc) is 2.58. The zero-order chi connectivity index (χ0) is 9.98. The van der Waals surface area contributed by atoms with Crippen LogP contribution >= 0.6 is 0 Å². The van der Waals surface area contributed by atoms with Gasteiger partial charge in [0.15, 0.2) is 0 Å². The van der Waals surface area contributed by atoms with Crippen molar-refractivity contribution in [3.63, 3.8) is 0 Å². The Morgan fingerprint density at radius 1 is 1.33 bits per heavy atom. The highest BCUT2D eigenvalue weighted by atomic mass is 16.3. The number of hydrogen-bond donors (Lipinski definition) is 1. The van der Waals surface area contributed by atoms with Crippen molar-refractivity contribution in [1.82, 2.24) is 4.90 Å². The average molecular weight is 175 g/mol. The Kier molecular flexibility index (Phi) is 12.2. The van der Waals surface area contributed by atoms with E-state index in [2.05, 4.69) is 0 Å². The molecule has 0 aliphatic carbocycles. The summed E-state index contributed by atoms with van der Waals surface area (Å²) in [5.74, 6) is 0. The number of rotatable bonds is 1. The molecule has 1 heterocycles. The third-order valence-electron chi connectivity index (χ3n) is 1.34. The molecule has 1 rings (SSSR count). The Balaban J connectivity index is 0. The Morgan fingerprint density at radius 2 is 1.83 bits per heavy atom. The van der Waals surface area contributed by atoms with Gasteiger partial charge in [-0.1, -0.05) is 27.7 Å². The quantitative estimate of drug-likeness (QED) is 0.609. The van der Waals surface area contributed by atoms with Gasteiger partial charge in [0.2, 0.25) is 6.41 Å². The van der Waals surface area contributed by atoms with Gasteiger partial charge in [-0.05, 0) is 6.42 Å². The van der Waals surface area contributed by atoms with Crippen LogP contribution in [0.25, 0.3) is 0 Å². The van der Waals surface area contributed by atoms with Gasteiger partial charge < -0.3 is 10.0 Å². The van der Waals surface area contributed by atoms with Gasteiger partial charge in [0.25, 0.3) is 0 Å². The van der Waals surface area contributed by atoms with Crippen LogP contribution in [-0.2, 0) is 4.79 Å². The van der Waals surface area contributed by atoms with Gasteiger partial charge in [-0.2, -0.15) is 0 Å². The van der Waals surface area contributed by atoms with Crippen LogP contribution in [0.15, 0.2) is 0 Å². The molecule has 3 nitrogen and oxygen atoms in total. The largest absolute Gasteiger partial charge is 0.391 e. The first-order valence-electron chi connectivity index (χ1n) is 4.70. The van der Waals surface area contributed by atoms with Gasteiger partial charge in [-0.25, -0.2) is 0 Å². The fraction of sp³-hybridized carbons (Fsp3) is 0.889. The number of nitrogens with zero attached hydrogens (tertiary/aromatic N) is 1. The summed E-state index contributed by atoms with van der Waals surface area (Å²) in [4.78, 5) is 11.5. The molecule has 1 atom stereocenters. The summed E-state index contributed by atoms with van der Waals surface area (Å²) in [6, 6.07) is 0. The normalized spacial score (nSPS) is 20.1. The van der Waals surface area contributed by atoms with E-state index in [1.165, 1.54) is 0 Å². The molecule has 0 aromatic rings. The lowest BCUT2D eigenvalue weighted by Crippen LogP contribution is -2.19. The number of aliphatic hydroxyl groups is 1. The van der Waals surface area contributed by atoms with Gasteiger partial charge in [0.1, 0.15) is 0 Å². The molecular formula is C9H21NO2. The summed E-state index contributed by atoms with van der Waals surface area (Å²) in [5.41, 5.74) is 0. The first-order valence-corrected chi connectivity index (χ1v) is 4.70. The molecule has 0 spiro atoms. The maximum absolute atomic E-state index is 9.97. The molecule has 1 aliphatic heterocycles. The van der Waals surface area contributed by atoms with Crippen LogP contribution in [0, 0.1) is 0 Å².